The molecule has 1 fully saturated rings. The largest absolute Gasteiger partial charge is 0.493 e. The van der Waals surface area contributed by atoms with Crippen molar-refractivity contribution in [1.82, 2.24) is 9.80 Å². The molecule has 36 heavy (non-hydrogen) atoms. The summed E-state index contributed by atoms with van der Waals surface area (Å²) >= 11 is 6.06. The van der Waals surface area contributed by atoms with Gasteiger partial charge in [-0.05, 0) is 48.4 Å². The van der Waals surface area contributed by atoms with Gasteiger partial charge in [0.05, 0.1) is 20.1 Å². The standard InChI is InChI=1S/C27H33ClN2O6/c1-3-4-13-29(22(17-27(33)34)20-6-8-21(28)9-7-20)18-19-5-10-23(24(16-19)35-2)36-15-14-30-25(31)11-12-26(30)32/h5-10,16,22H,3-4,11-15,17-18H2,1-2H3,(H,33,34). The van der Waals surface area contributed by atoms with Gasteiger partial charge in [-0.15, -0.1) is 0 Å². The number of aliphatic carboxylic acids is 1. The number of carbonyl (C=O) groups excluding carboxylic acids is 2. The van der Waals surface area contributed by atoms with Crippen molar-refractivity contribution in [3.05, 3.63) is 58.6 Å². The van der Waals surface area contributed by atoms with Crippen LogP contribution in [0, 0.1) is 0 Å². The molecule has 0 spiro atoms. The summed E-state index contributed by atoms with van der Waals surface area (Å²) in [6, 6.07) is 12.6. The van der Waals surface area contributed by atoms with E-state index in [0.717, 1.165) is 30.5 Å². The third-order valence-corrected chi connectivity index (χ3v) is 6.46. The van der Waals surface area contributed by atoms with Gasteiger partial charge in [0.15, 0.2) is 11.5 Å². The fourth-order valence-electron chi connectivity index (χ4n) is 4.30. The molecule has 2 aromatic rings. The average Bonchev–Trinajstić information content (AvgIpc) is 3.18. The van der Waals surface area contributed by atoms with Crippen molar-refractivity contribution in [2.24, 2.45) is 0 Å². The number of amides is 2. The summed E-state index contributed by atoms with van der Waals surface area (Å²) in [5, 5.41) is 10.2. The second-order valence-electron chi connectivity index (χ2n) is 8.76. The van der Waals surface area contributed by atoms with E-state index in [-0.39, 0.29) is 50.3 Å². The van der Waals surface area contributed by atoms with Crippen LogP contribution in [0.1, 0.15) is 56.2 Å². The highest BCUT2D eigenvalue weighted by atomic mass is 35.5. The molecule has 9 heteroatoms. The van der Waals surface area contributed by atoms with Crippen LogP contribution in [0.3, 0.4) is 0 Å². The molecular weight excluding hydrogens is 484 g/mol. The first kappa shape index (κ1) is 27.5. The fraction of sp³-hybridized carbons (Fsp3) is 0.444. The number of carboxylic acids is 1. The van der Waals surface area contributed by atoms with E-state index in [2.05, 4.69) is 11.8 Å². The van der Waals surface area contributed by atoms with Gasteiger partial charge in [-0.1, -0.05) is 43.1 Å². The maximum atomic E-state index is 11.8. The van der Waals surface area contributed by atoms with Gasteiger partial charge < -0.3 is 14.6 Å². The summed E-state index contributed by atoms with van der Waals surface area (Å²) in [6.45, 7) is 3.73. The minimum atomic E-state index is -0.868. The number of hydrogen-bond donors (Lipinski definition) is 1. The molecular formula is C27H33ClN2O6. The predicted molar refractivity (Wildman–Crippen MR) is 136 cm³/mol. The number of ether oxygens (including phenoxy) is 2. The van der Waals surface area contributed by atoms with E-state index >= 15 is 0 Å². The Balaban J connectivity index is 1.75. The first-order valence-corrected chi connectivity index (χ1v) is 12.5. The van der Waals surface area contributed by atoms with Crippen LogP contribution in [0.5, 0.6) is 11.5 Å². The number of rotatable bonds is 14. The third-order valence-electron chi connectivity index (χ3n) is 6.20. The number of imide groups is 1. The summed E-state index contributed by atoms with van der Waals surface area (Å²) in [5.41, 5.74) is 1.85. The first-order chi connectivity index (χ1) is 17.3. The van der Waals surface area contributed by atoms with Crippen molar-refractivity contribution in [2.45, 2.75) is 51.6 Å². The smallest absolute Gasteiger partial charge is 0.305 e. The number of methoxy groups -OCH3 is 1. The van der Waals surface area contributed by atoms with Crippen molar-refractivity contribution < 1.29 is 29.0 Å². The zero-order valence-corrected chi connectivity index (χ0v) is 21.5. The maximum Gasteiger partial charge on any atom is 0.305 e. The van der Waals surface area contributed by atoms with Gasteiger partial charge in [-0.25, -0.2) is 0 Å². The van der Waals surface area contributed by atoms with Crippen LogP contribution in [-0.4, -0.2) is 59.5 Å². The van der Waals surface area contributed by atoms with Gasteiger partial charge >= 0.3 is 5.97 Å². The molecule has 1 saturated heterocycles. The molecule has 8 nitrogen and oxygen atoms in total. The molecule has 0 saturated carbocycles. The SMILES string of the molecule is CCCCN(Cc1ccc(OCCN2C(=O)CCC2=O)c(OC)c1)C(CC(=O)O)c1ccc(Cl)cc1. The van der Waals surface area contributed by atoms with Crippen molar-refractivity contribution in [1.29, 1.82) is 0 Å². The topological polar surface area (TPSA) is 96.4 Å². The highest BCUT2D eigenvalue weighted by Gasteiger charge is 2.28. The molecule has 0 aliphatic carbocycles. The van der Waals surface area contributed by atoms with Gasteiger partial charge in [0.25, 0.3) is 0 Å². The Bertz CT molecular complexity index is 1040. The number of unbranched alkanes of at least 4 members (excludes halogenated alkanes) is 1. The molecule has 1 aliphatic rings. The van der Waals surface area contributed by atoms with Gasteiger partial charge in [-0.2, -0.15) is 0 Å². The monoisotopic (exact) mass is 516 g/mol. The Hall–Kier alpha value is -3.10. The highest BCUT2D eigenvalue weighted by Crippen LogP contribution is 2.32. The van der Waals surface area contributed by atoms with E-state index in [1.807, 2.05) is 24.3 Å². The van der Waals surface area contributed by atoms with Gasteiger partial charge in [0.1, 0.15) is 6.61 Å². The second kappa shape index (κ2) is 13.3. The molecule has 1 atom stereocenters. The Morgan fingerprint density at radius 2 is 1.81 bits per heavy atom. The number of nitrogens with zero attached hydrogens (tertiary/aromatic N) is 2. The number of hydrogen-bond acceptors (Lipinski definition) is 6. The molecule has 0 bridgehead atoms. The van der Waals surface area contributed by atoms with E-state index < -0.39 is 5.97 Å². The van der Waals surface area contributed by atoms with Gasteiger partial charge in [0.2, 0.25) is 11.8 Å². The van der Waals surface area contributed by atoms with Gasteiger partial charge in [-0.3, -0.25) is 24.2 Å². The lowest BCUT2D eigenvalue weighted by atomic mass is 10.0. The summed E-state index contributed by atoms with van der Waals surface area (Å²) < 4.78 is 11.4. The Kier molecular flexibility index (Phi) is 10.1. The highest BCUT2D eigenvalue weighted by molar-refractivity contribution is 6.30. The quantitative estimate of drug-likeness (QED) is 0.364. The molecule has 3 rings (SSSR count). The van der Waals surface area contributed by atoms with Crippen LogP contribution in [0.15, 0.2) is 42.5 Å². The Morgan fingerprint density at radius 1 is 1.11 bits per heavy atom. The van der Waals surface area contributed by atoms with E-state index in [9.17, 15) is 19.5 Å². The van der Waals surface area contributed by atoms with Crippen molar-refractivity contribution in [3.63, 3.8) is 0 Å². The lowest BCUT2D eigenvalue weighted by Gasteiger charge is -2.31. The molecule has 2 aromatic carbocycles. The summed E-state index contributed by atoms with van der Waals surface area (Å²) in [5.74, 6) is -0.166. The average molecular weight is 517 g/mol. The molecule has 1 aliphatic heterocycles. The zero-order valence-electron chi connectivity index (χ0n) is 20.7. The predicted octanol–water partition coefficient (Wildman–Crippen LogP) is 4.69. The van der Waals surface area contributed by atoms with E-state index in [4.69, 9.17) is 21.1 Å². The normalized spacial score (nSPS) is 14.4. The number of carboxylic acid groups (broad SMARTS) is 1. The maximum absolute atomic E-state index is 11.8. The molecule has 1 heterocycles. The molecule has 0 radical (unpaired) electrons. The van der Waals surface area contributed by atoms with Crippen molar-refractivity contribution in [3.8, 4) is 11.5 Å². The second-order valence-corrected chi connectivity index (χ2v) is 9.20. The van der Waals surface area contributed by atoms with Gasteiger partial charge in [0, 0.05) is 30.5 Å². The minimum absolute atomic E-state index is 0.0301. The number of likely N-dealkylation sites (tertiary alicyclic amines) is 1. The van der Waals surface area contributed by atoms with Crippen LogP contribution in [0.4, 0.5) is 0 Å². The molecule has 194 valence electrons. The zero-order chi connectivity index (χ0) is 26.1. The molecule has 1 unspecified atom stereocenters. The summed E-state index contributed by atoms with van der Waals surface area (Å²) in [4.78, 5) is 38.7. The molecule has 0 aromatic heterocycles. The first-order valence-electron chi connectivity index (χ1n) is 12.2. The van der Waals surface area contributed by atoms with Crippen LogP contribution in [-0.2, 0) is 20.9 Å². The minimum Gasteiger partial charge on any atom is -0.493 e. The summed E-state index contributed by atoms with van der Waals surface area (Å²) in [6.07, 6.45) is 2.39. The van der Waals surface area contributed by atoms with E-state index in [1.165, 1.54) is 4.90 Å². The molecule has 2 amide bonds. The van der Waals surface area contributed by atoms with E-state index in [1.54, 1.807) is 25.3 Å². The third kappa shape index (κ3) is 7.45. The van der Waals surface area contributed by atoms with E-state index in [0.29, 0.717) is 23.1 Å². The number of halogens is 1. The van der Waals surface area contributed by atoms with Crippen LogP contribution in [0.2, 0.25) is 5.02 Å². The van der Waals surface area contributed by atoms with Crippen molar-refractivity contribution in [2.75, 3.05) is 26.8 Å². The lowest BCUT2D eigenvalue weighted by molar-refractivity contribution is -0.140. The molecule has 1 N–H and O–H groups in total. The van der Waals surface area contributed by atoms with Crippen LogP contribution in [0.25, 0.3) is 0 Å². The lowest BCUT2D eigenvalue weighted by Crippen LogP contribution is -2.33. The number of benzene rings is 2. The van der Waals surface area contributed by atoms with Crippen molar-refractivity contribution >= 4 is 29.4 Å². The Morgan fingerprint density at radius 3 is 2.42 bits per heavy atom. The van der Waals surface area contributed by atoms with Crippen LogP contribution < -0.4 is 9.47 Å². The number of carbonyl (C=O) groups is 3. The Labute approximate surface area is 216 Å². The fourth-order valence-corrected chi connectivity index (χ4v) is 4.42. The summed E-state index contributed by atoms with van der Waals surface area (Å²) in [7, 11) is 1.55. The van der Waals surface area contributed by atoms with Crippen LogP contribution >= 0.6 is 11.6 Å².